The lowest BCUT2D eigenvalue weighted by Gasteiger charge is -2.16. The first-order chi connectivity index (χ1) is 13.4. The van der Waals surface area contributed by atoms with Gasteiger partial charge in [-0.3, -0.25) is 4.79 Å². The molecule has 0 heterocycles. The van der Waals surface area contributed by atoms with E-state index in [0.717, 1.165) is 18.5 Å². The highest BCUT2D eigenvalue weighted by molar-refractivity contribution is 5.92. The Morgan fingerprint density at radius 2 is 1.61 bits per heavy atom. The molecule has 0 saturated heterocycles. The SMILES string of the molecule is CC(C)CCC(C)NC(=O)Nc1cccc(OCC(=O)Nc2ccccc2)c1. The molecule has 2 rings (SSSR count). The number of benzene rings is 2. The van der Waals surface area contributed by atoms with Crippen molar-refractivity contribution in [2.24, 2.45) is 5.92 Å². The zero-order chi connectivity index (χ0) is 20.4. The summed E-state index contributed by atoms with van der Waals surface area (Å²) in [6.45, 7) is 6.21. The molecule has 0 spiro atoms. The van der Waals surface area contributed by atoms with Crippen molar-refractivity contribution in [3.63, 3.8) is 0 Å². The first-order valence-corrected chi connectivity index (χ1v) is 9.57. The number of nitrogens with one attached hydrogen (secondary N) is 3. The van der Waals surface area contributed by atoms with E-state index >= 15 is 0 Å². The number of hydrogen-bond donors (Lipinski definition) is 3. The minimum atomic E-state index is -0.254. The lowest BCUT2D eigenvalue weighted by Crippen LogP contribution is -2.36. The molecule has 6 heteroatoms. The second-order valence-corrected chi connectivity index (χ2v) is 7.20. The third-order valence-electron chi connectivity index (χ3n) is 4.07. The Morgan fingerprint density at radius 1 is 0.893 bits per heavy atom. The standard InChI is InChI=1S/C22H29N3O3/c1-16(2)12-13-17(3)23-22(27)25-19-10-7-11-20(14-19)28-15-21(26)24-18-8-5-4-6-9-18/h4-11,14,16-17H,12-13,15H2,1-3H3,(H,24,26)(H2,23,25,27). The van der Waals surface area contributed by atoms with E-state index in [1.165, 1.54) is 0 Å². The number of hydrogen-bond acceptors (Lipinski definition) is 3. The first-order valence-electron chi connectivity index (χ1n) is 9.57. The van der Waals surface area contributed by atoms with E-state index in [4.69, 9.17) is 4.74 Å². The van der Waals surface area contributed by atoms with Gasteiger partial charge in [0.2, 0.25) is 0 Å². The van der Waals surface area contributed by atoms with E-state index in [9.17, 15) is 9.59 Å². The maximum absolute atomic E-state index is 12.1. The highest BCUT2D eigenvalue weighted by atomic mass is 16.5. The zero-order valence-corrected chi connectivity index (χ0v) is 16.7. The fourth-order valence-electron chi connectivity index (χ4n) is 2.58. The van der Waals surface area contributed by atoms with Crippen LogP contribution < -0.4 is 20.7 Å². The van der Waals surface area contributed by atoms with Gasteiger partial charge in [0.15, 0.2) is 6.61 Å². The van der Waals surface area contributed by atoms with Crippen molar-refractivity contribution < 1.29 is 14.3 Å². The minimum absolute atomic E-state index is 0.100. The molecule has 0 radical (unpaired) electrons. The number of carbonyl (C=O) groups excluding carboxylic acids is 2. The van der Waals surface area contributed by atoms with Crippen LogP contribution >= 0.6 is 0 Å². The predicted molar refractivity (Wildman–Crippen MR) is 113 cm³/mol. The van der Waals surface area contributed by atoms with Crippen LogP contribution in [-0.4, -0.2) is 24.6 Å². The van der Waals surface area contributed by atoms with Crippen molar-refractivity contribution in [2.75, 3.05) is 17.2 Å². The summed E-state index contributed by atoms with van der Waals surface area (Å²) < 4.78 is 5.52. The fourth-order valence-corrected chi connectivity index (χ4v) is 2.58. The maximum Gasteiger partial charge on any atom is 0.319 e. The summed E-state index contributed by atoms with van der Waals surface area (Å²) in [7, 11) is 0. The van der Waals surface area contributed by atoms with E-state index in [2.05, 4.69) is 29.8 Å². The Balaban J connectivity index is 1.79. The van der Waals surface area contributed by atoms with E-state index in [-0.39, 0.29) is 24.6 Å². The Morgan fingerprint density at radius 3 is 2.32 bits per heavy atom. The van der Waals surface area contributed by atoms with E-state index in [0.29, 0.717) is 17.4 Å². The van der Waals surface area contributed by atoms with Crippen molar-refractivity contribution in [3.8, 4) is 5.75 Å². The van der Waals surface area contributed by atoms with Crippen LogP contribution in [0.2, 0.25) is 0 Å². The van der Waals surface area contributed by atoms with Crippen LogP contribution in [0.3, 0.4) is 0 Å². The molecule has 1 unspecified atom stereocenters. The van der Waals surface area contributed by atoms with E-state index < -0.39 is 0 Å². The van der Waals surface area contributed by atoms with Crippen LogP contribution in [0.4, 0.5) is 16.2 Å². The average Bonchev–Trinajstić information content (AvgIpc) is 2.66. The smallest absolute Gasteiger partial charge is 0.319 e. The summed E-state index contributed by atoms with van der Waals surface area (Å²) in [4.78, 5) is 24.1. The number of carbonyl (C=O) groups is 2. The molecule has 3 N–H and O–H groups in total. The lowest BCUT2D eigenvalue weighted by atomic mass is 10.0. The van der Waals surface area contributed by atoms with Gasteiger partial charge in [0.05, 0.1) is 0 Å². The van der Waals surface area contributed by atoms with Crippen molar-refractivity contribution in [3.05, 3.63) is 54.6 Å². The van der Waals surface area contributed by atoms with Gasteiger partial charge in [-0.1, -0.05) is 38.1 Å². The molecule has 0 fully saturated rings. The molecule has 2 aromatic rings. The van der Waals surface area contributed by atoms with Crippen molar-refractivity contribution >= 4 is 23.3 Å². The molecule has 0 aromatic heterocycles. The largest absolute Gasteiger partial charge is 0.484 e. The van der Waals surface area contributed by atoms with Gasteiger partial charge in [-0.25, -0.2) is 4.79 Å². The Kier molecular flexibility index (Phi) is 8.34. The number of anilines is 2. The molecule has 2 aromatic carbocycles. The average molecular weight is 383 g/mol. The Bertz CT molecular complexity index is 763. The minimum Gasteiger partial charge on any atom is -0.484 e. The summed E-state index contributed by atoms with van der Waals surface area (Å²) >= 11 is 0. The Hall–Kier alpha value is -3.02. The summed E-state index contributed by atoms with van der Waals surface area (Å²) in [5, 5.41) is 8.48. The van der Waals surface area contributed by atoms with Crippen LogP contribution in [0.15, 0.2) is 54.6 Å². The molecule has 0 saturated carbocycles. The molecular formula is C22H29N3O3. The molecule has 1 atom stereocenters. The number of para-hydroxylation sites is 1. The number of ether oxygens (including phenoxy) is 1. The monoisotopic (exact) mass is 383 g/mol. The number of rotatable bonds is 9. The molecule has 0 bridgehead atoms. The molecule has 0 aliphatic rings. The van der Waals surface area contributed by atoms with E-state index in [1.54, 1.807) is 24.3 Å². The molecule has 0 aliphatic carbocycles. The zero-order valence-electron chi connectivity index (χ0n) is 16.7. The lowest BCUT2D eigenvalue weighted by molar-refractivity contribution is -0.118. The summed E-state index contributed by atoms with van der Waals surface area (Å²) in [5.41, 5.74) is 1.32. The van der Waals surface area contributed by atoms with Crippen LogP contribution in [0.5, 0.6) is 5.75 Å². The van der Waals surface area contributed by atoms with Gasteiger partial charge in [-0.2, -0.15) is 0 Å². The van der Waals surface area contributed by atoms with Crippen LogP contribution in [-0.2, 0) is 4.79 Å². The summed E-state index contributed by atoms with van der Waals surface area (Å²) in [6, 6.07) is 16.0. The van der Waals surface area contributed by atoms with Crippen LogP contribution in [0.25, 0.3) is 0 Å². The molecule has 150 valence electrons. The van der Waals surface area contributed by atoms with Crippen molar-refractivity contribution in [2.45, 2.75) is 39.7 Å². The molecule has 0 aliphatic heterocycles. The van der Waals surface area contributed by atoms with Gasteiger partial charge in [-0.15, -0.1) is 0 Å². The number of amides is 3. The molecule has 3 amide bonds. The highest BCUT2D eigenvalue weighted by Crippen LogP contribution is 2.17. The topological polar surface area (TPSA) is 79.5 Å². The van der Waals surface area contributed by atoms with Gasteiger partial charge >= 0.3 is 6.03 Å². The van der Waals surface area contributed by atoms with Crippen molar-refractivity contribution in [1.82, 2.24) is 5.32 Å². The van der Waals surface area contributed by atoms with Crippen molar-refractivity contribution in [1.29, 1.82) is 0 Å². The fraction of sp³-hybridized carbons (Fsp3) is 0.364. The van der Waals surface area contributed by atoms with Gasteiger partial charge in [0, 0.05) is 23.5 Å². The van der Waals surface area contributed by atoms with Gasteiger partial charge in [0.1, 0.15) is 5.75 Å². The normalized spacial score (nSPS) is 11.6. The third kappa shape index (κ3) is 8.12. The molecular weight excluding hydrogens is 354 g/mol. The number of urea groups is 1. The Labute approximate surface area is 166 Å². The van der Waals surface area contributed by atoms with Gasteiger partial charge < -0.3 is 20.7 Å². The predicted octanol–water partition coefficient (Wildman–Crippen LogP) is 4.65. The third-order valence-corrected chi connectivity index (χ3v) is 4.07. The second-order valence-electron chi connectivity index (χ2n) is 7.20. The molecule has 6 nitrogen and oxygen atoms in total. The maximum atomic E-state index is 12.1. The van der Waals surface area contributed by atoms with E-state index in [1.807, 2.05) is 37.3 Å². The quantitative estimate of drug-likeness (QED) is 0.590. The highest BCUT2D eigenvalue weighted by Gasteiger charge is 2.09. The summed E-state index contributed by atoms with van der Waals surface area (Å²) in [6.07, 6.45) is 2.00. The summed E-state index contributed by atoms with van der Waals surface area (Å²) in [5.74, 6) is 0.871. The van der Waals surface area contributed by atoms with Crippen LogP contribution in [0.1, 0.15) is 33.6 Å². The first kappa shape index (κ1) is 21.3. The van der Waals surface area contributed by atoms with Crippen LogP contribution in [0, 0.1) is 5.92 Å². The van der Waals surface area contributed by atoms with Gasteiger partial charge in [-0.05, 0) is 49.9 Å². The second kappa shape index (κ2) is 11.0. The van der Waals surface area contributed by atoms with Gasteiger partial charge in [0.25, 0.3) is 5.91 Å². The molecule has 28 heavy (non-hydrogen) atoms.